The number of benzene rings is 1. The van der Waals surface area contributed by atoms with E-state index in [0.717, 1.165) is 23.8 Å². The average molecular weight is 355 g/mol. The summed E-state index contributed by atoms with van der Waals surface area (Å²) < 4.78 is 0.591. The van der Waals surface area contributed by atoms with Gasteiger partial charge in [0.25, 0.3) is 0 Å². The van der Waals surface area contributed by atoms with Gasteiger partial charge < -0.3 is 15.1 Å². The smallest absolute Gasteiger partial charge is 0.337 e. The minimum atomic E-state index is -0.978. The van der Waals surface area contributed by atoms with Crippen LogP contribution in [-0.4, -0.2) is 45.3 Å². The first kappa shape index (κ1) is 16.0. The Kier molecular flexibility index (Phi) is 4.10. The van der Waals surface area contributed by atoms with Crippen LogP contribution in [0.2, 0.25) is 0 Å². The molecule has 0 unspecified atom stereocenters. The molecule has 2 aromatic heterocycles. The lowest BCUT2D eigenvalue weighted by atomic mass is 10.1. The maximum absolute atomic E-state index is 11.7. The van der Waals surface area contributed by atoms with Crippen molar-refractivity contribution < 1.29 is 15.0 Å². The minimum Gasteiger partial charge on any atom is -0.478 e. The van der Waals surface area contributed by atoms with E-state index in [1.165, 1.54) is 11.3 Å². The zero-order valence-corrected chi connectivity index (χ0v) is 14.2. The summed E-state index contributed by atoms with van der Waals surface area (Å²) in [5, 5.41) is 20.0. The van der Waals surface area contributed by atoms with Gasteiger partial charge in [0.2, 0.25) is 0 Å². The van der Waals surface area contributed by atoms with Gasteiger partial charge in [-0.2, -0.15) is 4.98 Å². The van der Waals surface area contributed by atoms with Gasteiger partial charge >= 0.3 is 5.97 Å². The number of hydrogen-bond acceptors (Lipinski definition) is 6. The van der Waals surface area contributed by atoms with Gasteiger partial charge in [-0.1, -0.05) is 41.7 Å². The standard InChI is InChI=1S/C18H17N3O3S/c22-12-6-8-21(9-7-12)18-20-16-15(25-18)13(17(23)24)10-14(19-16)11-4-2-1-3-5-11/h1-5,10,12,22H,6-9H2,(H,23,24). The molecule has 128 valence electrons. The number of pyridine rings is 1. The Hall–Kier alpha value is -2.51. The van der Waals surface area contributed by atoms with Gasteiger partial charge in [0, 0.05) is 18.7 Å². The van der Waals surface area contributed by atoms with Gasteiger partial charge in [0.1, 0.15) is 0 Å². The molecule has 0 atom stereocenters. The molecule has 0 bridgehead atoms. The third kappa shape index (κ3) is 3.08. The fourth-order valence-electron chi connectivity index (χ4n) is 3.01. The molecule has 7 heteroatoms. The summed E-state index contributed by atoms with van der Waals surface area (Å²) in [6.45, 7) is 1.43. The molecule has 1 aromatic carbocycles. The van der Waals surface area contributed by atoms with Gasteiger partial charge in [-0.3, -0.25) is 0 Å². The highest BCUT2D eigenvalue weighted by Gasteiger charge is 2.23. The lowest BCUT2D eigenvalue weighted by molar-refractivity contribution is 0.0699. The quantitative estimate of drug-likeness (QED) is 0.751. The Labute approximate surface area is 148 Å². The highest BCUT2D eigenvalue weighted by molar-refractivity contribution is 7.22. The Bertz CT molecular complexity index is 918. The molecule has 3 aromatic rings. The molecule has 1 aliphatic rings. The lowest BCUT2D eigenvalue weighted by Gasteiger charge is -2.28. The number of aromatic nitrogens is 2. The van der Waals surface area contributed by atoms with Crippen LogP contribution in [0.1, 0.15) is 23.2 Å². The molecule has 0 saturated carbocycles. The van der Waals surface area contributed by atoms with Crippen LogP contribution in [0.5, 0.6) is 0 Å². The zero-order valence-electron chi connectivity index (χ0n) is 13.4. The van der Waals surface area contributed by atoms with Crippen molar-refractivity contribution in [3.05, 3.63) is 42.0 Å². The van der Waals surface area contributed by atoms with E-state index >= 15 is 0 Å². The van der Waals surface area contributed by atoms with Crippen LogP contribution < -0.4 is 4.90 Å². The fraction of sp³-hybridized carbons (Fsp3) is 0.278. The molecule has 1 fully saturated rings. The number of carboxylic acid groups (broad SMARTS) is 1. The zero-order chi connectivity index (χ0) is 17.4. The SMILES string of the molecule is O=C(O)c1cc(-c2ccccc2)nc2nc(N3CCC(O)CC3)sc12. The van der Waals surface area contributed by atoms with Crippen LogP contribution in [0.25, 0.3) is 21.6 Å². The maximum Gasteiger partial charge on any atom is 0.337 e. The van der Waals surface area contributed by atoms with Gasteiger partial charge in [-0.05, 0) is 18.9 Å². The van der Waals surface area contributed by atoms with Crippen molar-refractivity contribution in [3.8, 4) is 11.3 Å². The summed E-state index contributed by atoms with van der Waals surface area (Å²) >= 11 is 1.35. The number of thiazole rings is 1. The van der Waals surface area contributed by atoms with Crippen molar-refractivity contribution in [3.63, 3.8) is 0 Å². The van der Waals surface area contributed by atoms with Gasteiger partial charge in [0.05, 0.1) is 22.1 Å². The van der Waals surface area contributed by atoms with E-state index in [0.29, 0.717) is 28.9 Å². The van der Waals surface area contributed by atoms with E-state index < -0.39 is 5.97 Å². The number of aromatic carboxylic acids is 1. The maximum atomic E-state index is 11.7. The van der Waals surface area contributed by atoms with Crippen molar-refractivity contribution in [1.29, 1.82) is 0 Å². The van der Waals surface area contributed by atoms with Gasteiger partial charge in [0.15, 0.2) is 10.8 Å². The predicted octanol–water partition coefficient (Wildman–Crippen LogP) is 3.02. The van der Waals surface area contributed by atoms with Gasteiger partial charge in [-0.15, -0.1) is 0 Å². The second-order valence-electron chi connectivity index (χ2n) is 6.09. The summed E-state index contributed by atoms with van der Waals surface area (Å²) in [6, 6.07) is 11.1. The first-order valence-electron chi connectivity index (χ1n) is 8.15. The van der Waals surface area contributed by atoms with Crippen LogP contribution in [0, 0.1) is 0 Å². The van der Waals surface area contributed by atoms with Crippen LogP contribution in [0.15, 0.2) is 36.4 Å². The largest absolute Gasteiger partial charge is 0.478 e. The van der Waals surface area contributed by atoms with Crippen molar-refractivity contribution in [2.24, 2.45) is 0 Å². The minimum absolute atomic E-state index is 0.227. The molecule has 1 aliphatic heterocycles. The van der Waals surface area contributed by atoms with E-state index in [2.05, 4.69) is 14.9 Å². The molecule has 0 radical (unpaired) electrons. The van der Waals surface area contributed by atoms with E-state index in [4.69, 9.17) is 0 Å². The van der Waals surface area contributed by atoms with Crippen molar-refractivity contribution >= 4 is 32.8 Å². The molecule has 4 rings (SSSR count). The molecule has 2 N–H and O–H groups in total. The van der Waals surface area contributed by atoms with E-state index in [1.54, 1.807) is 6.07 Å². The first-order chi connectivity index (χ1) is 12.1. The Morgan fingerprint density at radius 3 is 2.56 bits per heavy atom. The average Bonchev–Trinajstić information content (AvgIpc) is 3.06. The third-order valence-corrected chi connectivity index (χ3v) is 5.52. The number of piperidine rings is 1. The molecule has 3 heterocycles. The number of carboxylic acids is 1. The molecule has 0 amide bonds. The van der Waals surface area contributed by atoms with Crippen LogP contribution in [0.4, 0.5) is 5.13 Å². The van der Waals surface area contributed by atoms with Crippen LogP contribution in [0.3, 0.4) is 0 Å². The Balaban J connectivity index is 1.80. The number of nitrogens with zero attached hydrogens (tertiary/aromatic N) is 3. The molecule has 1 saturated heterocycles. The predicted molar refractivity (Wildman–Crippen MR) is 97.3 cm³/mol. The third-order valence-electron chi connectivity index (χ3n) is 4.38. The summed E-state index contributed by atoms with van der Waals surface area (Å²) in [4.78, 5) is 23.0. The topological polar surface area (TPSA) is 86.5 Å². The monoisotopic (exact) mass is 355 g/mol. The van der Waals surface area contributed by atoms with Gasteiger partial charge in [-0.25, -0.2) is 9.78 Å². The number of anilines is 1. The van der Waals surface area contributed by atoms with Crippen LogP contribution >= 0.6 is 11.3 Å². The van der Waals surface area contributed by atoms with E-state index in [-0.39, 0.29) is 11.7 Å². The molecule has 0 aliphatic carbocycles. The summed E-state index contributed by atoms with van der Waals surface area (Å²) in [6.07, 6.45) is 1.14. The number of carbonyl (C=O) groups is 1. The fourth-order valence-corrected chi connectivity index (χ4v) is 4.07. The highest BCUT2D eigenvalue weighted by atomic mass is 32.1. The molecular formula is C18H17N3O3S. The number of fused-ring (bicyclic) bond motifs is 1. The van der Waals surface area contributed by atoms with Crippen molar-refractivity contribution in [2.75, 3.05) is 18.0 Å². The number of aliphatic hydroxyl groups is 1. The van der Waals surface area contributed by atoms with Crippen LogP contribution in [-0.2, 0) is 0 Å². The van der Waals surface area contributed by atoms with E-state index in [9.17, 15) is 15.0 Å². The second-order valence-corrected chi connectivity index (χ2v) is 7.07. The molecule has 25 heavy (non-hydrogen) atoms. The first-order valence-corrected chi connectivity index (χ1v) is 8.97. The normalized spacial score (nSPS) is 15.6. The second kappa shape index (κ2) is 6.42. The molecule has 0 spiro atoms. The lowest BCUT2D eigenvalue weighted by Crippen LogP contribution is -2.35. The number of hydrogen-bond donors (Lipinski definition) is 2. The molecular weight excluding hydrogens is 338 g/mol. The van der Waals surface area contributed by atoms with Crippen molar-refractivity contribution in [1.82, 2.24) is 9.97 Å². The Morgan fingerprint density at radius 2 is 1.88 bits per heavy atom. The van der Waals surface area contributed by atoms with Crippen molar-refractivity contribution in [2.45, 2.75) is 18.9 Å². The van der Waals surface area contributed by atoms with E-state index in [1.807, 2.05) is 30.3 Å². The Morgan fingerprint density at radius 1 is 1.16 bits per heavy atom. The highest BCUT2D eigenvalue weighted by Crippen LogP contribution is 2.34. The summed E-state index contributed by atoms with van der Waals surface area (Å²) in [5.74, 6) is -0.978. The number of rotatable bonds is 3. The summed E-state index contributed by atoms with van der Waals surface area (Å²) in [5.41, 5.74) is 2.16. The molecule has 6 nitrogen and oxygen atoms in total. The number of aliphatic hydroxyl groups excluding tert-OH is 1. The summed E-state index contributed by atoms with van der Waals surface area (Å²) in [7, 11) is 0.